The van der Waals surface area contributed by atoms with Gasteiger partial charge in [0.05, 0.1) is 12.7 Å². The van der Waals surface area contributed by atoms with Gasteiger partial charge in [-0.15, -0.1) is 0 Å². The van der Waals surface area contributed by atoms with Crippen LogP contribution in [0.5, 0.6) is 17.4 Å². The Morgan fingerprint density at radius 3 is 2.89 bits per heavy atom. The van der Waals surface area contributed by atoms with E-state index in [9.17, 15) is 9.59 Å². The summed E-state index contributed by atoms with van der Waals surface area (Å²) in [5.74, 6) is 1.29. The maximum atomic E-state index is 11.7. The van der Waals surface area contributed by atoms with Gasteiger partial charge in [-0.2, -0.15) is 0 Å². The van der Waals surface area contributed by atoms with E-state index in [1.165, 1.54) is 7.11 Å². The third kappa shape index (κ3) is 1.50. The molecule has 6 nitrogen and oxygen atoms in total. The number of nitrogens with one attached hydrogen (secondary N) is 2. The third-order valence-corrected chi connectivity index (χ3v) is 2.85. The second kappa shape index (κ2) is 3.76. The summed E-state index contributed by atoms with van der Waals surface area (Å²) in [7, 11) is 1.54. The fourth-order valence-electron chi connectivity index (χ4n) is 2.01. The predicted molar refractivity (Wildman–Crippen MR) is 63.6 cm³/mol. The first-order valence-electron chi connectivity index (χ1n) is 5.38. The van der Waals surface area contributed by atoms with Crippen LogP contribution in [0.3, 0.4) is 0 Å². The molecule has 1 aliphatic rings. The zero-order chi connectivity index (χ0) is 12.7. The highest BCUT2D eigenvalue weighted by Crippen LogP contribution is 2.39. The molecule has 3 rings (SSSR count). The van der Waals surface area contributed by atoms with Crippen LogP contribution in [0.4, 0.5) is 0 Å². The Morgan fingerprint density at radius 1 is 1.28 bits per heavy atom. The van der Waals surface area contributed by atoms with Crippen molar-refractivity contribution in [2.45, 2.75) is 6.42 Å². The van der Waals surface area contributed by atoms with Gasteiger partial charge >= 0.3 is 5.69 Å². The predicted octanol–water partition coefficient (Wildman–Crippen LogP) is 0.768. The summed E-state index contributed by atoms with van der Waals surface area (Å²) in [4.78, 5) is 27.5. The number of methoxy groups -OCH3 is 1. The average molecular weight is 246 g/mol. The highest BCUT2D eigenvalue weighted by atomic mass is 16.5. The van der Waals surface area contributed by atoms with Crippen molar-refractivity contribution in [3.63, 3.8) is 0 Å². The van der Waals surface area contributed by atoms with Gasteiger partial charge in [0.25, 0.3) is 5.56 Å². The molecule has 0 fully saturated rings. The molecule has 1 aromatic heterocycles. The zero-order valence-corrected chi connectivity index (χ0v) is 9.57. The Hall–Kier alpha value is -2.50. The van der Waals surface area contributed by atoms with E-state index >= 15 is 0 Å². The van der Waals surface area contributed by atoms with Gasteiger partial charge < -0.3 is 9.47 Å². The standard InChI is InChI=1S/C12H10N2O4/c1-17-8-4-2-3-6-5-7-10(15)13-12(16)14-11(7)18-9(6)8/h2-4H,5H2,1H3,(H2,13,14,15,16). The number of benzene rings is 1. The van der Waals surface area contributed by atoms with E-state index in [1.807, 2.05) is 12.1 Å². The average Bonchev–Trinajstić information content (AvgIpc) is 2.36. The summed E-state index contributed by atoms with van der Waals surface area (Å²) in [6.45, 7) is 0. The maximum Gasteiger partial charge on any atom is 0.328 e. The van der Waals surface area contributed by atoms with E-state index in [0.29, 0.717) is 23.5 Å². The fraction of sp³-hybridized carbons (Fsp3) is 0.167. The van der Waals surface area contributed by atoms with Crippen LogP contribution in [-0.2, 0) is 6.42 Å². The number of hydrogen-bond donors (Lipinski definition) is 2. The summed E-state index contributed by atoms with van der Waals surface area (Å²) in [5, 5.41) is 0. The van der Waals surface area contributed by atoms with E-state index in [2.05, 4.69) is 9.97 Å². The molecule has 0 radical (unpaired) electrons. The summed E-state index contributed by atoms with van der Waals surface area (Å²) < 4.78 is 10.7. The van der Waals surface area contributed by atoms with Gasteiger partial charge in [-0.25, -0.2) is 4.79 Å². The number of rotatable bonds is 1. The van der Waals surface area contributed by atoms with Crippen LogP contribution in [-0.4, -0.2) is 17.1 Å². The van der Waals surface area contributed by atoms with Crippen LogP contribution in [0.25, 0.3) is 0 Å². The molecule has 0 saturated carbocycles. The Morgan fingerprint density at radius 2 is 2.11 bits per heavy atom. The lowest BCUT2D eigenvalue weighted by molar-refractivity contribution is 0.364. The van der Waals surface area contributed by atoms with Crippen molar-refractivity contribution in [3.8, 4) is 17.4 Å². The van der Waals surface area contributed by atoms with Crippen molar-refractivity contribution in [2.75, 3.05) is 7.11 Å². The van der Waals surface area contributed by atoms with Gasteiger partial charge in [-0.3, -0.25) is 14.8 Å². The molecule has 1 aliphatic heterocycles. The molecule has 0 saturated heterocycles. The van der Waals surface area contributed by atoms with Crippen molar-refractivity contribution < 1.29 is 9.47 Å². The molecule has 0 spiro atoms. The van der Waals surface area contributed by atoms with Crippen molar-refractivity contribution in [3.05, 3.63) is 50.2 Å². The first-order valence-corrected chi connectivity index (χ1v) is 5.38. The molecule has 92 valence electrons. The molecule has 0 unspecified atom stereocenters. The molecular weight excluding hydrogens is 236 g/mol. The second-order valence-corrected chi connectivity index (χ2v) is 3.94. The molecule has 6 heteroatoms. The topological polar surface area (TPSA) is 84.2 Å². The number of para-hydroxylation sites is 1. The molecular formula is C12H10N2O4. The van der Waals surface area contributed by atoms with Crippen molar-refractivity contribution >= 4 is 0 Å². The molecule has 2 aromatic rings. The Kier molecular flexibility index (Phi) is 2.22. The minimum absolute atomic E-state index is 0.181. The van der Waals surface area contributed by atoms with Crippen molar-refractivity contribution in [1.82, 2.24) is 9.97 Å². The lowest BCUT2D eigenvalue weighted by Crippen LogP contribution is -2.28. The minimum Gasteiger partial charge on any atom is -0.493 e. The molecule has 0 amide bonds. The molecule has 0 atom stereocenters. The zero-order valence-electron chi connectivity index (χ0n) is 9.57. The first kappa shape index (κ1) is 10.6. The third-order valence-electron chi connectivity index (χ3n) is 2.85. The van der Waals surface area contributed by atoms with Gasteiger partial charge in [-0.1, -0.05) is 12.1 Å². The number of aromatic amines is 2. The van der Waals surface area contributed by atoms with Crippen LogP contribution < -0.4 is 20.7 Å². The van der Waals surface area contributed by atoms with Crippen LogP contribution in [0.2, 0.25) is 0 Å². The normalized spacial score (nSPS) is 12.3. The number of aromatic nitrogens is 2. The Bertz CT molecular complexity index is 730. The first-order chi connectivity index (χ1) is 8.69. The lowest BCUT2D eigenvalue weighted by atomic mass is 10.0. The monoisotopic (exact) mass is 246 g/mol. The van der Waals surface area contributed by atoms with Gasteiger partial charge in [-0.05, 0) is 6.07 Å². The highest BCUT2D eigenvalue weighted by Gasteiger charge is 2.23. The molecule has 18 heavy (non-hydrogen) atoms. The summed E-state index contributed by atoms with van der Waals surface area (Å²) in [6.07, 6.45) is 0.397. The molecule has 0 bridgehead atoms. The SMILES string of the molecule is COc1cccc2c1Oc1[nH]c(=O)[nH]c(=O)c1C2. The van der Waals surface area contributed by atoms with Crippen LogP contribution in [0, 0.1) is 0 Å². The molecule has 0 aliphatic carbocycles. The number of hydrogen-bond acceptors (Lipinski definition) is 4. The minimum atomic E-state index is -0.586. The lowest BCUT2D eigenvalue weighted by Gasteiger charge is -2.20. The van der Waals surface area contributed by atoms with Gasteiger partial charge in [0.1, 0.15) is 0 Å². The van der Waals surface area contributed by atoms with E-state index in [0.717, 1.165) is 5.56 Å². The van der Waals surface area contributed by atoms with Gasteiger partial charge in [0.15, 0.2) is 11.5 Å². The van der Waals surface area contributed by atoms with Gasteiger partial charge in [0, 0.05) is 12.0 Å². The van der Waals surface area contributed by atoms with E-state index in [-0.39, 0.29) is 5.88 Å². The summed E-state index contributed by atoms with van der Waals surface area (Å²) in [5.41, 5.74) is 0.245. The highest BCUT2D eigenvalue weighted by molar-refractivity contribution is 5.53. The fourth-order valence-corrected chi connectivity index (χ4v) is 2.01. The van der Waals surface area contributed by atoms with Crippen LogP contribution in [0.15, 0.2) is 27.8 Å². The quantitative estimate of drug-likeness (QED) is 0.664. The Labute approximate surface area is 101 Å². The Balaban J connectivity index is 2.21. The van der Waals surface area contributed by atoms with Gasteiger partial charge in [0.2, 0.25) is 5.88 Å². The van der Waals surface area contributed by atoms with E-state index in [4.69, 9.17) is 9.47 Å². The van der Waals surface area contributed by atoms with E-state index < -0.39 is 11.2 Å². The van der Waals surface area contributed by atoms with Crippen molar-refractivity contribution in [1.29, 1.82) is 0 Å². The largest absolute Gasteiger partial charge is 0.493 e. The molecule has 1 aromatic carbocycles. The van der Waals surface area contributed by atoms with Crippen LogP contribution in [0.1, 0.15) is 11.1 Å². The second-order valence-electron chi connectivity index (χ2n) is 3.94. The molecule has 2 N–H and O–H groups in total. The smallest absolute Gasteiger partial charge is 0.328 e. The maximum absolute atomic E-state index is 11.7. The van der Waals surface area contributed by atoms with Crippen molar-refractivity contribution in [2.24, 2.45) is 0 Å². The molecule has 2 heterocycles. The van der Waals surface area contributed by atoms with Crippen LogP contribution >= 0.6 is 0 Å². The summed E-state index contributed by atoms with van der Waals surface area (Å²) in [6, 6.07) is 5.44. The number of fused-ring (bicyclic) bond motifs is 2. The summed E-state index contributed by atoms with van der Waals surface area (Å²) >= 11 is 0. The van der Waals surface area contributed by atoms with E-state index in [1.54, 1.807) is 6.07 Å². The number of H-pyrrole nitrogens is 2. The number of ether oxygens (including phenoxy) is 2.